The lowest BCUT2D eigenvalue weighted by Gasteiger charge is -2.18. The van der Waals surface area contributed by atoms with Crippen molar-refractivity contribution in [2.75, 3.05) is 0 Å². The number of fused-ring (bicyclic) bond motifs is 7. The van der Waals surface area contributed by atoms with Gasteiger partial charge in [0.05, 0.1) is 0 Å². The van der Waals surface area contributed by atoms with Crippen LogP contribution in [0.4, 0.5) is 0 Å². The monoisotopic (exact) mass is 612 g/mol. The Hall–Kier alpha value is -5.76. The third kappa shape index (κ3) is 4.14. The first-order valence-corrected chi connectivity index (χ1v) is 17.0. The number of hydrogen-bond acceptors (Lipinski definition) is 1. The summed E-state index contributed by atoms with van der Waals surface area (Å²) in [6.07, 6.45) is 0. The molecule has 0 unspecified atom stereocenters. The molecule has 0 radical (unpaired) electrons. The van der Waals surface area contributed by atoms with Gasteiger partial charge in [-0.25, -0.2) is 0 Å². The van der Waals surface area contributed by atoms with Crippen molar-refractivity contribution in [2.24, 2.45) is 0 Å². The molecule has 0 aliphatic carbocycles. The second-order valence-corrected chi connectivity index (χ2v) is 13.5. The fourth-order valence-corrected chi connectivity index (χ4v) is 8.84. The zero-order chi connectivity index (χ0) is 30.9. The van der Waals surface area contributed by atoms with E-state index in [0.29, 0.717) is 0 Å². The van der Waals surface area contributed by atoms with Crippen LogP contribution < -0.4 is 0 Å². The van der Waals surface area contributed by atoms with Gasteiger partial charge >= 0.3 is 0 Å². The lowest BCUT2D eigenvalue weighted by molar-refractivity contribution is 1.63. The minimum absolute atomic E-state index is 1.24. The van der Waals surface area contributed by atoms with Crippen LogP contribution in [0.3, 0.4) is 0 Å². The molecule has 0 atom stereocenters. The molecule has 0 aliphatic rings. The highest BCUT2D eigenvalue weighted by molar-refractivity contribution is 7.26. The summed E-state index contributed by atoms with van der Waals surface area (Å²) in [5.74, 6) is 0. The van der Waals surface area contributed by atoms with Gasteiger partial charge in [0.2, 0.25) is 0 Å². The summed E-state index contributed by atoms with van der Waals surface area (Å²) < 4.78 is 2.68. The van der Waals surface area contributed by atoms with E-state index in [0.717, 1.165) is 0 Å². The van der Waals surface area contributed by atoms with E-state index in [1.165, 1.54) is 96.6 Å². The maximum absolute atomic E-state index is 2.42. The summed E-state index contributed by atoms with van der Waals surface area (Å²) in [5, 5.41) is 13.0. The lowest BCUT2D eigenvalue weighted by Crippen LogP contribution is -1.91. The highest BCUT2D eigenvalue weighted by atomic mass is 32.1. The third-order valence-electron chi connectivity index (χ3n) is 9.79. The zero-order valence-corrected chi connectivity index (χ0v) is 26.4. The van der Waals surface area contributed by atoms with E-state index in [1.54, 1.807) is 0 Å². The fourth-order valence-electron chi connectivity index (χ4n) is 7.68. The SMILES string of the molecule is c1ccc(-c2c3ccccc3c(-c3cccc(-c4cccc5cc6c(cc45)sc4cc5ccccc5cc46)c3)c3ccccc23)cc1. The van der Waals surface area contributed by atoms with Crippen LogP contribution in [0.2, 0.25) is 0 Å². The average molecular weight is 613 g/mol. The highest BCUT2D eigenvalue weighted by Crippen LogP contribution is 2.45. The van der Waals surface area contributed by atoms with Crippen LogP contribution in [0, 0.1) is 0 Å². The number of thiophene rings is 1. The topological polar surface area (TPSA) is 0 Å². The molecule has 218 valence electrons. The second-order valence-electron chi connectivity index (χ2n) is 12.5. The van der Waals surface area contributed by atoms with E-state index in [1.807, 2.05) is 11.3 Å². The van der Waals surface area contributed by atoms with Crippen LogP contribution in [0.25, 0.3) is 96.6 Å². The number of hydrogen-bond donors (Lipinski definition) is 0. The van der Waals surface area contributed by atoms with Crippen molar-refractivity contribution in [3.05, 3.63) is 170 Å². The van der Waals surface area contributed by atoms with Crippen LogP contribution in [-0.4, -0.2) is 0 Å². The smallest absolute Gasteiger partial charge is 0.0362 e. The standard InChI is InChI=1S/C46H28S/c1-2-12-29(13-3-1)45-36-19-6-8-21-38(36)46(39-22-9-7-20-37(39)45)34-18-10-16-32(24-34)35-23-11-17-33-26-42-41-25-30-14-4-5-15-31(30)27-43(41)47-44(42)28-40(33)35/h1-28H. The Kier molecular flexibility index (Phi) is 5.85. The van der Waals surface area contributed by atoms with Gasteiger partial charge in [0.15, 0.2) is 0 Å². The molecule has 47 heavy (non-hydrogen) atoms. The van der Waals surface area contributed by atoms with E-state index in [2.05, 4.69) is 170 Å². The van der Waals surface area contributed by atoms with E-state index in [9.17, 15) is 0 Å². The Labute approximate surface area is 276 Å². The fraction of sp³-hybridized carbons (Fsp3) is 0. The van der Waals surface area contributed by atoms with Gasteiger partial charge in [0.1, 0.15) is 0 Å². The first-order valence-electron chi connectivity index (χ1n) is 16.2. The molecule has 0 fully saturated rings. The molecule has 1 aromatic heterocycles. The zero-order valence-electron chi connectivity index (χ0n) is 25.6. The van der Waals surface area contributed by atoms with Gasteiger partial charge in [0.25, 0.3) is 0 Å². The molecule has 0 saturated carbocycles. The molecule has 0 N–H and O–H groups in total. The molecule has 9 aromatic carbocycles. The van der Waals surface area contributed by atoms with Crippen LogP contribution >= 0.6 is 11.3 Å². The summed E-state index contributed by atoms with van der Waals surface area (Å²) in [7, 11) is 0. The van der Waals surface area contributed by atoms with Gasteiger partial charge < -0.3 is 0 Å². The van der Waals surface area contributed by atoms with Crippen molar-refractivity contribution in [1.29, 1.82) is 0 Å². The van der Waals surface area contributed by atoms with Crippen LogP contribution in [-0.2, 0) is 0 Å². The van der Waals surface area contributed by atoms with E-state index in [4.69, 9.17) is 0 Å². The Morgan fingerprint density at radius 2 is 0.766 bits per heavy atom. The Bertz CT molecular complexity index is 2780. The quantitative estimate of drug-likeness (QED) is 0.174. The van der Waals surface area contributed by atoms with Crippen molar-refractivity contribution in [3.63, 3.8) is 0 Å². The summed E-state index contributed by atoms with van der Waals surface area (Å²) in [5.41, 5.74) is 7.57. The average Bonchev–Trinajstić information content (AvgIpc) is 3.48. The summed E-state index contributed by atoms with van der Waals surface area (Å²) in [6.45, 7) is 0. The van der Waals surface area contributed by atoms with Gasteiger partial charge in [-0.3, -0.25) is 0 Å². The van der Waals surface area contributed by atoms with Gasteiger partial charge in [-0.1, -0.05) is 140 Å². The van der Waals surface area contributed by atoms with Gasteiger partial charge in [-0.2, -0.15) is 0 Å². The molecule has 0 aliphatic heterocycles. The maximum atomic E-state index is 2.42. The van der Waals surface area contributed by atoms with Crippen molar-refractivity contribution < 1.29 is 0 Å². The van der Waals surface area contributed by atoms with Gasteiger partial charge in [0, 0.05) is 20.2 Å². The molecule has 0 bridgehead atoms. The van der Waals surface area contributed by atoms with Crippen LogP contribution in [0.5, 0.6) is 0 Å². The van der Waals surface area contributed by atoms with Crippen LogP contribution in [0.15, 0.2) is 170 Å². The molecule has 10 rings (SSSR count). The minimum atomic E-state index is 1.24. The molecule has 1 heteroatoms. The molecule has 0 spiro atoms. The van der Waals surface area contributed by atoms with Crippen molar-refractivity contribution >= 4 is 74.6 Å². The van der Waals surface area contributed by atoms with Crippen LogP contribution in [0.1, 0.15) is 0 Å². The molecule has 0 saturated heterocycles. The summed E-state index contributed by atoms with van der Waals surface area (Å²) >= 11 is 1.90. The van der Waals surface area contributed by atoms with Gasteiger partial charge in [-0.15, -0.1) is 11.3 Å². The van der Waals surface area contributed by atoms with E-state index in [-0.39, 0.29) is 0 Å². The molecule has 1 heterocycles. The number of benzene rings is 9. The number of rotatable bonds is 3. The predicted molar refractivity (Wildman–Crippen MR) is 206 cm³/mol. The lowest BCUT2D eigenvalue weighted by atomic mass is 9.85. The maximum Gasteiger partial charge on any atom is 0.0362 e. The summed E-state index contributed by atoms with van der Waals surface area (Å²) in [6, 6.07) is 62.7. The summed E-state index contributed by atoms with van der Waals surface area (Å²) in [4.78, 5) is 0. The first-order chi connectivity index (χ1) is 23.3. The van der Waals surface area contributed by atoms with Crippen molar-refractivity contribution in [3.8, 4) is 33.4 Å². The van der Waals surface area contributed by atoms with Gasteiger partial charge in [-0.05, 0) is 107 Å². The van der Waals surface area contributed by atoms with E-state index >= 15 is 0 Å². The highest BCUT2D eigenvalue weighted by Gasteiger charge is 2.17. The van der Waals surface area contributed by atoms with Crippen molar-refractivity contribution in [2.45, 2.75) is 0 Å². The molecule has 0 nitrogen and oxygen atoms in total. The first kappa shape index (κ1) is 26.5. The normalized spacial score (nSPS) is 11.8. The Morgan fingerprint density at radius 3 is 1.47 bits per heavy atom. The molecular weight excluding hydrogens is 585 g/mol. The Morgan fingerprint density at radius 1 is 0.277 bits per heavy atom. The molecule has 0 amide bonds. The molecule has 10 aromatic rings. The van der Waals surface area contributed by atoms with E-state index < -0.39 is 0 Å². The third-order valence-corrected chi connectivity index (χ3v) is 10.9. The second kappa shape index (κ2) is 10.4. The largest absolute Gasteiger partial charge is 0.135 e. The minimum Gasteiger partial charge on any atom is -0.135 e. The van der Waals surface area contributed by atoms with Crippen molar-refractivity contribution in [1.82, 2.24) is 0 Å². The predicted octanol–water partition coefficient (Wildman–Crippen LogP) is 13.7. The Balaban J connectivity index is 1.20. The molecular formula is C46H28S.